The van der Waals surface area contributed by atoms with Crippen molar-refractivity contribution in [2.24, 2.45) is 0 Å². The van der Waals surface area contributed by atoms with Gasteiger partial charge >= 0.3 is 12.3 Å². The lowest BCUT2D eigenvalue weighted by atomic mass is 10.0. The minimum absolute atomic E-state index is 0.387. The molecule has 0 heterocycles. The van der Waals surface area contributed by atoms with Gasteiger partial charge in [-0.05, 0) is 59.2 Å². The minimum Gasteiger partial charge on any atom is -0.444 e. The summed E-state index contributed by atoms with van der Waals surface area (Å²) >= 11 is 0. The highest BCUT2D eigenvalue weighted by Crippen LogP contribution is 2.30. The highest BCUT2D eigenvalue weighted by molar-refractivity contribution is 5.68. The fourth-order valence-electron chi connectivity index (χ4n) is 1.97. The fraction of sp³-hybridized carbons (Fsp3) is 0.588. The molecule has 0 aliphatic carbocycles. The summed E-state index contributed by atoms with van der Waals surface area (Å²) < 4.78 is 43.2. The van der Waals surface area contributed by atoms with Crippen LogP contribution in [0.4, 0.5) is 23.7 Å². The second-order valence-electron chi connectivity index (χ2n) is 7.27. The van der Waals surface area contributed by atoms with Crippen molar-refractivity contribution in [1.82, 2.24) is 5.32 Å². The molecule has 0 aliphatic heterocycles. The number of hydrogen-bond donors (Lipinski definition) is 2. The monoisotopic (exact) mass is 346 g/mol. The Morgan fingerprint density at radius 1 is 1.12 bits per heavy atom. The van der Waals surface area contributed by atoms with Crippen LogP contribution in [0.15, 0.2) is 24.3 Å². The lowest BCUT2D eigenvalue weighted by molar-refractivity contribution is -0.137. The number of amides is 1. The Morgan fingerprint density at radius 2 is 1.75 bits per heavy atom. The second kappa shape index (κ2) is 7.32. The first-order chi connectivity index (χ1) is 10.8. The van der Waals surface area contributed by atoms with Crippen molar-refractivity contribution in [3.8, 4) is 0 Å². The van der Waals surface area contributed by atoms with Gasteiger partial charge in [0.15, 0.2) is 0 Å². The number of rotatable bonds is 5. The van der Waals surface area contributed by atoms with Gasteiger partial charge < -0.3 is 15.4 Å². The third-order valence-corrected chi connectivity index (χ3v) is 3.11. The number of alkyl carbamates (subject to hydrolysis) is 1. The molecule has 1 rings (SSSR count). The SMILES string of the molecule is CC(C)(CCNc1cccc(C(F)(F)F)c1)NC(=O)OC(C)(C)C. The van der Waals surface area contributed by atoms with Crippen molar-refractivity contribution in [2.45, 2.75) is 58.4 Å². The summed E-state index contributed by atoms with van der Waals surface area (Å²) in [6.07, 6.45) is -4.37. The molecule has 0 aliphatic rings. The van der Waals surface area contributed by atoms with Gasteiger partial charge in [-0.25, -0.2) is 4.79 Å². The number of nitrogens with one attached hydrogen (secondary N) is 2. The Labute approximate surface area is 140 Å². The number of carbonyl (C=O) groups excluding carboxylic acids is 1. The van der Waals surface area contributed by atoms with Crippen molar-refractivity contribution in [3.63, 3.8) is 0 Å². The van der Waals surface area contributed by atoms with E-state index in [1.165, 1.54) is 6.07 Å². The number of anilines is 1. The quantitative estimate of drug-likeness (QED) is 0.804. The Morgan fingerprint density at radius 3 is 2.29 bits per heavy atom. The van der Waals surface area contributed by atoms with Crippen molar-refractivity contribution in [1.29, 1.82) is 0 Å². The molecule has 24 heavy (non-hydrogen) atoms. The summed E-state index contributed by atoms with van der Waals surface area (Å²) in [4.78, 5) is 11.8. The average molecular weight is 346 g/mol. The smallest absolute Gasteiger partial charge is 0.416 e. The Hall–Kier alpha value is -1.92. The van der Waals surface area contributed by atoms with Gasteiger partial charge in [0, 0.05) is 17.8 Å². The largest absolute Gasteiger partial charge is 0.444 e. The summed E-state index contributed by atoms with van der Waals surface area (Å²) in [5.74, 6) is 0. The van der Waals surface area contributed by atoms with Crippen molar-refractivity contribution >= 4 is 11.8 Å². The molecule has 0 atom stereocenters. The number of benzene rings is 1. The van der Waals surface area contributed by atoms with Crippen molar-refractivity contribution in [2.75, 3.05) is 11.9 Å². The van der Waals surface area contributed by atoms with Crippen LogP contribution < -0.4 is 10.6 Å². The zero-order valence-electron chi connectivity index (χ0n) is 14.7. The molecular weight excluding hydrogens is 321 g/mol. The third-order valence-electron chi connectivity index (χ3n) is 3.11. The molecule has 0 bridgehead atoms. The van der Waals surface area contributed by atoms with E-state index in [0.717, 1.165) is 12.1 Å². The molecule has 1 amide bonds. The molecule has 0 unspecified atom stereocenters. The Balaban J connectivity index is 2.53. The fourth-order valence-corrected chi connectivity index (χ4v) is 1.97. The molecule has 0 aromatic heterocycles. The van der Waals surface area contributed by atoms with E-state index in [1.54, 1.807) is 26.8 Å². The molecule has 136 valence electrons. The zero-order chi connectivity index (χ0) is 18.6. The van der Waals surface area contributed by atoms with Gasteiger partial charge in [0.2, 0.25) is 0 Å². The first-order valence-corrected chi connectivity index (χ1v) is 7.71. The van der Waals surface area contributed by atoms with Gasteiger partial charge in [0.25, 0.3) is 0 Å². The van der Waals surface area contributed by atoms with E-state index < -0.39 is 29.0 Å². The third kappa shape index (κ3) is 7.57. The normalized spacial score (nSPS) is 12.7. The number of halogens is 3. The summed E-state index contributed by atoms with van der Waals surface area (Å²) in [6.45, 7) is 9.37. The summed E-state index contributed by atoms with van der Waals surface area (Å²) in [7, 11) is 0. The van der Waals surface area contributed by atoms with Crippen LogP contribution in [0.3, 0.4) is 0 Å². The number of carbonyl (C=O) groups is 1. The van der Waals surface area contributed by atoms with Crippen LogP contribution in [0.5, 0.6) is 0 Å². The van der Waals surface area contributed by atoms with Gasteiger partial charge in [0.05, 0.1) is 5.56 Å². The molecule has 4 nitrogen and oxygen atoms in total. The lowest BCUT2D eigenvalue weighted by Gasteiger charge is -2.29. The van der Waals surface area contributed by atoms with E-state index in [0.29, 0.717) is 18.7 Å². The van der Waals surface area contributed by atoms with E-state index in [1.807, 2.05) is 13.8 Å². The van der Waals surface area contributed by atoms with Gasteiger partial charge in [-0.1, -0.05) is 6.07 Å². The second-order valence-corrected chi connectivity index (χ2v) is 7.27. The van der Waals surface area contributed by atoms with Gasteiger partial charge in [-0.3, -0.25) is 0 Å². The van der Waals surface area contributed by atoms with E-state index in [2.05, 4.69) is 10.6 Å². The van der Waals surface area contributed by atoms with Crippen LogP contribution in [0.25, 0.3) is 0 Å². The summed E-state index contributed by atoms with van der Waals surface area (Å²) in [6, 6.07) is 5.02. The van der Waals surface area contributed by atoms with Crippen LogP contribution in [-0.2, 0) is 10.9 Å². The summed E-state index contributed by atoms with van der Waals surface area (Å²) in [5, 5.41) is 5.70. The Kier molecular flexibility index (Phi) is 6.14. The van der Waals surface area contributed by atoms with Crippen molar-refractivity contribution < 1.29 is 22.7 Å². The topological polar surface area (TPSA) is 50.4 Å². The number of hydrogen-bond acceptors (Lipinski definition) is 3. The zero-order valence-corrected chi connectivity index (χ0v) is 14.7. The van der Waals surface area contributed by atoms with E-state index in [4.69, 9.17) is 4.74 Å². The molecule has 0 fully saturated rings. The van der Waals surface area contributed by atoms with Crippen molar-refractivity contribution in [3.05, 3.63) is 29.8 Å². The molecule has 2 N–H and O–H groups in total. The van der Waals surface area contributed by atoms with Gasteiger partial charge in [-0.15, -0.1) is 0 Å². The number of alkyl halides is 3. The highest BCUT2D eigenvalue weighted by Gasteiger charge is 2.30. The van der Waals surface area contributed by atoms with E-state index in [9.17, 15) is 18.0 Å². The average Bonchev–Trinajstić information content (AvgIpc) is 2.34. The molecule has 0 radical (unpaired) electrons. The molecule has 1 aromatic carbocycles. The maximum absolute atomic E-state index is 12.7. The van der Waals surface area contributed by atoms with Gasteiger partial charge in [-0.2, -0.15) is 13.2 Å². The predicted molar refractivity (Wildman–Crippen MR) is 88.0 cm³/mol. The van der Waals surface area contributed by atoms with E-state index in [-0.39, 0.29) is 0 Å². The van der Waals surface area contributed by atoms with Crippen LogP contribution in [-0.4, -0.2) is 23.8 Å². The highest BCUT2D eigenvalue weighted by atomic mass is 19.4. The predicted octanol–water partition coefficient (Wildman–Crippen LogP) is 4.81. The minimum atomic E-state index is -4.37. The first kappa shape index (κ1) is 20.1. The molecule has 7 heteroatoms. The van der Waals surface area contributed by atoms with Crippen LogP contribution in [0, 0.1) is 0 Å². The molecular formula is C17H25F3N2O2. The van der Waals surface area contributed by atoms with Gasteiger partial charge in [0.1, 0.15) is 5.60 Å². The summed E-state index contributed by atoms with van der Waals surface area (Å²) in [5.41, 5.74) is -1.45. The van der Waals surface area contributed by atoms with Crippen LogP contribution >= 0.6 is 0 Å². The molecule has 0 saturated heterocycles. The standard InChI is InChI=1S/C17H25F3N2O2/c1-15(2,3)24-14(23)22-16(4,5)9-10-21-13-8-6-7-12(11-13)17(18,19)20/h6-8,11,21H,9-10H2,1-5H3,(H,22,23). The molecule has 0 spiro atoms. The Bertz CT molecular complexity index is 564. The van der Waals surface area contributed by atoms with E-state index >= 15 is 0 Å². The first-order valence-electron chi connectivity index (χ1n) is 7.71. The van der Waals surface area contributed by atoms with Crippen LogP contribution in [0.1, 0.15) is 46.6 Å². The lowest BCUT2D eigenvalue weighted by Crippen LogP contribution is -2.46. The molecule has 1 aromatic rings. The molecule has 0 saturated carbocycles. The maximum Gasteiger partial charge on any atom is 0.416 e. The maximum atomic E-state index is 12.7. The van der Waals surface area contributed by atoms with Crippen LogP contribution in [0.2, 0.25) is 0 Å². The number of ether oxygens (including phenoxy) is 1.